The van der Waals surface area contributed by atoms with Crippen LogP contribution in [-0.4, -0.2) is 38.1 Å². The Labute approximate surface area is 216 Å². The number of nitrogens with zero attached hydrogens (tertiary/aromatic N) is 4. The van der Waals surface area contributed by atoms with Crippen molar-refractivity contribution in [3.8, 4) is 0 Å². The van der Waals surface area contributed by atoms with Crippen LogP contribution in [0.2, 0.25) is 0 Å². The van der Waals surface area contributed by atoms with Gasteiger partial charge in [-0.1, -0.05) is 54.6 Å². The van der Waals surface area contributed by atoms with Crippen molar-refractivity contribution in [1.29, 1.82) is 0 Å². The van der Waals surface area contributed by atoms with E-state index in [1.165, 1.54) is 16.5 Å². The van der Waals surface area contributed by atoms with Crippen LogP contribution >= 0.6 is 0 Å². The third kappa shape index (κ3) is 5.74. The Hall–Kier alpha value is -4.33. The molecule has 0 bridgehead atoms. The third-order valence-corrected chi connectivity index (χ3v) is 6.49. The van der Waals surface area contributed by atoms with Gasteiger partial charge in [0.2, 0.25) is 11.8 Å². The van der Waals surface area contributed by atoms with Crippen LogP contribution in [0, 0.1) is 0 Å². The molecule has 1 N–H and O–H groups in total. The topological polar surface area (TPSA) is 97.2 Å². The average molecular weight is 498 g/mol. The summed E-state index contributed by atoms with van der Waals surface area (Å²) in [7, 11) is 0. The SMILES string of the molecule is CCC(C)(C)NC(=O)C(c1ccccc1)N(C(=O)Cn1nnc2ccccc21)c1ccc(C(C)=O)cc1. The van der Waals surface area contributed by atoms with E-state index in [1.807, 2.05) is 75.4 Å². The average Bonchev–Trinajstić information content (AvgIpc) is 3.30. The Morgan fingerprint density at radius 1 is 0.946 bits per heavy atom. The highest BCUT2D eigenvalue weighted by molar-refractivity contribution is 6.02. The minimum Gasteiger partial charge on any atom is -0.349 e. The van der Waals surface area contributed by atoms with Gasteiger partial charge in [-0.25, -0.2) is 4.68 Å². The van der Waals surface area contributed by atoms with Crippen molar-refractivity contribution < 1.29 is 14.4 Å². The zero-order chi connectivity index (χ0) is 26.6. The van der Waals surface area contributed by atoms with Crippen LogP contribution < -0.4 is 10.2 Å². The number of aromatic nitrogens is 3. The van der Waals surface area contributed by atoms with Crippen LogP contribution in [-0.2, 0) is 16.1 Å². The summed E-state index contributed by atoms with van der Waals surface area (Å²) in [5.74, 6) is -0.726. The minimum atomic E-state index is -0.947. The summed E-state index contributed by atoms with van der Waals surface area (Å²) in [4.78, 5) is 41.2. The van der Waals surface area contributed by atoms with E-state index in [1.54, 1.807) is 24.3 Å². The number of para-hydroxylation sites is 1. The zero-order valence-corrected chi connectivity index (χ0v) is 21.5. The molecule has 0 spiro atoms. The quantitative estimate of drug-likeness (QED) is 0.338. The number of amides is 2. The van der Waals surface area contributed by atoms with Crippen LogP contribution in [0.15, 0.2) is 78.9 Å². The number of ketones is 1. The van der Waals surface area contributed by atoms with Crippen LogP contribution in [0.3, 0.4) is 0 Å². The maximum atomic E-state index is 14.0. The van der Waals surface area contributed by atoms with Gasteiger partial charge in [0, 0.05) is 16.8 Å². The number of rotatable bonds is 9. The fourth-order valence-electron chi connectivity index (χ4n) is 4.08. The molecule has 4 aromatic rings. The van der Waals surface area contributed by atoms with Gasteiger partial charge < -0.3 is 5.32 Å². The van der Waals surface area contributed by atoms with Gasteiger partial charge in [-0.2, -0.15) is 0 Å². The van der Waals surface area contributed by atoms with Crippen LogP contribution in [0.5, 0.6) is 0 Å². The predicted octanol–water partition coefficient (Wildman–Crippen LogP) is 4.71. The fraction of sp³-hybridized carbons (Fsp3) is 0.276. The largest absolute Gasteiger partial charge is 0.349 e. The predicted molar refractivity (Wildman–Crippen MR) is 143 cm³/mol. The van der Waals surface area contributed by atoms with E-state index in [2.05, 4.69) is 15.6 Å². The van der Waals surface area contributed by atoms with Crippen LogP contribution in [0.1, 0.15) is 56.1 Å². The van der Waals surface area contributed by atoms with Gasteiger partial charge in [-0.05, 0) is 69.2 Å². The molecule has 0 radical (unpaired) electrons. The van der Waals surface area contributed by atoms with Gasteiger partial charge in [0.15, 0.2) is 5.78 Å². The van der Waals surface area contributed by atoms with E-state index < -0.39 is 11.6 Å². The number of carbonyl (C=O) groups is 3. The van der Waals surface area contributed by atoms with Crippen molar-refractivity contribution in [2.75, 3.05) is 4.90 Å². The first-order chi connectivity index (χ1) is 17.7. The van der Waals surface area contributed by atoms with Gasteiger partial charge in [-0.3, -0.25) is 19.3 Å². The van der Waals surface area contributed by atoms with Crippen molar-refractivity contribution in [3.63, 3.8) is 0 Å². The summed E-state index contributed by atoms with van der Waals surface area (Å²) in [5, 5.41) is 11.4. The number of Topliss-reactive ketones (excluding diaryl/α,β-unsaturated/α-hetero) is 1. The van der Waals surface area contributed by atoms with Gasteiger partial charge in [-0.15, -0.1) is 5.10 Å². The monoisotopic (exact) mass is 497 g/mol. The van der Waals surface area contributed by atoms with Crippen LogP contribution in [0.4, 0.5) is 5.69 Å². The summed E-state index contributed by atoms with van der Waals surface area (Å²) in [6.07, 6.45) is 0.715. The Morgan fingerprint density at radius 3 is 2.24 bits per heavy atom. The number of fused-ring (bicyclic) bond motifs is 1. The molecule has 1 aromatic heterocycles. The van der Waals surface area contributed by atoms with Crippen molar-refractivity contribution in [2.24, 2.45) is 0 Å². The molecule has 8 heteroatoms. The molecule has 4 rings (SSSR count). The highest BCUT2D eigenvalue weighted by atomic mass is 16.2. The molecular weight excluding hydrogens is 466 g/mol. The van der Waals surface area contributed by atoms with Crippen molar-refractivity contribution in [2.45, 2.75) is 52.2 Å². The molecule has 3 aromatic carbocycles. The van der Waals surface area contributed by atoms with E-state index in [-0.39, 0.29) is 24.1 Å². The number of carbonyl (C=O) groups excluding carboxylic acids is 3. The molecule has 37 heavy (non-hydrogen) atoms. The van der Waals surface area contributed by atoms with E-state index in [0.717, 1.165) is 5.52 Å². The highest BCUT2D eigenvalue weighted by Crippen LogP contribution is 2.30. The van der Waals surface area contributed by atoms with Crippen molar-refractivity contribution in [1.82, 2.24) is 20.3 Å². The third-order valence-electron chi connectivity index (χ3n) is 6.49. The normalized spacial score (nSPS) is 12.2. The maximum absolute atomic E-state index is 14.0. The molecule has 1 unspecified atom stereocenters. The number of benzene rings is 3. The molecular formula is C29H31N5O3. The lowest BCUT2D eigenvalue weighted by Gasteiger charge is -2.34. The number of anilines is 1. The smallest absolute Gasteiger partial charge is 0.249 e. The molecule has 2 amide bonds. The maximum Gasteiger partial charge on any atom is 0.249 e. The first kappa shape index (κ1) is 25.8. The second-order valence-electron chi connectivity index (χ2n) is 9.64. The van der Waals surface area contributed by atoms with Crippen molar-refractivity contribution in [3.05, 3.63) is 90.0 Å². The summed E-state index contributed by atoms with van der Waals surface area (Å²) < 4.78 is 1.53. The van der Waals surface area contributed by atoms with Gasteiger partial charge in [0.05, 0.1) is 5.52 Å². The lowest BCUT2D eigenvalue weighted by atomic mass is 9.98. The standard InChI is InChI=1S/C29H31N5O3/c1-5-29(3,4)30-28(37)27(22-11-7-6-8-12-22)34(23-17-15-21(16-18-23)20(2)35)26(36)19-33-25-14-10-9-13-24(25)31-32-33/h6-18,27H,5,19H2,1-4H3,(H,30,37). The molecule has 0 aliphatic carbocycles. The summed E-state index contributed by atoms with van der Waals surface area (Å²) in [5.41, 5.74) is 2.60. The minimum absolute atomic E-state index is 0.0828. The van der Waals surface area contributed by atoms with Crippen LogP contribution in [0.25, 0.3) is 11.0 Å². The summed E-state index contributed by atoms with van der Waals surface area (Å²) >= 11 is 0. The Bertz CT molecular complexity index is 1410. The van der Waals surface area contributed by atoms with Gasteiger partial charge in [0.1, 0.15) is 18.1 Å². The Balaban J connectivity index is 1.81. The number of nitrogens with one attached hydrogen (secondary N) is 1. The molecule has 0 aliphatic heterocycles. The van der Waals surface area contributed by atoms with E-state index >= 15 is 0 Å². The zero-order valence-electron chi connectivity index (χ0n) is 21.5. The molecule has 190 valence electrons. The van der Waals surface area contributed by atoms with Crippen molar-refractivity contribution >= 4 is 34.3 Å². The van der Waals surface area contributed by atoms with E-state index in [4.69, 9.17) is 0 Å². The molecule has 0 aliphatic rings. The molecule has 1 heterocycles. The van der Waals surface area contributed by atoms with E-state index in [9.17, 15) is 14.4 Å². The number of hydrogen-bond acceptors (Lipinski definition) is 5. The van der Waals surface area contributed by atoms with E-state index in [0.29, 0.717) is 28.8 Å². The first-order valence-electron chi connectivity index (χ1n) is 12.3. The Morgan fingerprint density at radius 2 is 1.59 bits per heavy atom. The lowest BCUT2D eigenvalue weighted by Crippen LogP contribution is -2.51. The molecule has 0 saturated carbocycles. The molecule has 8 nitrogen and oxygen atoms in total. The molecule has 0 fully saturated rings. The first-order valence-corrected chi connectivity index (χ1v) is 12.3. The molecule has 1 atom stereocenters. The second-order valence-corrected chi connectivity index (χ2v) is 9.64. The fourth-order valence-corrected chi connectivity index (χ4v) is 4.08. The second kappa shape index (κ2) is 10.7. The lowest BCUT2D eigenvalue weighted by molar-refractivity contribution is -0.128. The number of hydrogen-bond donors (Lipinski definition) is 1. The summed E-state index contributed by atoms with van der Waals surface area (Å²) in [6, 6.07) is 22.4. The van der Waals surface area contributed by atoms with Gasteiger partial charge >= 0.3 is 0 Å². The Kier molecular flexibility index (Phi) is 7.47. The summed E-state index contributed by atoms with van der Waals surface area (Å²) in [6.45, 7) is 7.26. The molecule has 0 saturated heterocycles. The highest BCUT2D eigenvalue weighted by Gasteiger charge is 2.35. The van der Waals surface area contributed by atoms with Gasteiger partial charge in [0.25, 0.3) is 0 Å².